The maximum Gasteiger partial charge on any atom is 0.543 e. The molecule has 0 aromatic carbocycles. The van der Waals surface area contributed by atoms with Crippen LogP contribution in [0.15, 0.2) is 0 Å². The zero-order valence-corrected chi connectivity index (χ0v) is 9.01. The van der Waals surface area contributed by atoms with Gasteiger partial charge in [0.1, 0.15) is 0 Å². The van der Waals surface area contributed by atoms with Gasteiger partial charge in [0, 0.05) is 0 Å². The molecule has 0 aromatic heterocycles. The van der Waals surface area contributed by atoms with Crippen molar-refractivity contribution in [3.8, 4) is 0 Å². The van der Waals surface area contributed by atoms with Crippen LogP contribution in [0.5, 0.6) is 0 Å². The van der Waals surface area contributed by atoms with E-state index in [1.54, 1.807) is 27.7 Å². The summed E-state index contributed by atoms with van der Waals surface area (Å²) in [5, 5.41) is 3.81. The smallest absolute Gasteiger partial charge is 0.430 e. The molecule has 0 rings (SSSR count). The molecule has 0 bridgehead atoms. The first-order chi connectivity index (χ1) is 6.91. The topological polar surface area (TPSA) is 80.3 Å². The highest BCUT2D eigenvalue weighted by Gasteiger charge is 2.12. The summed E-state index contributed by atoms with van der Waals surface area (Å²) < 4.78 is 8.99. The molecule has 0 aliphatic rings. The molecule has 7 nitrogen and oxygen atoms in total. The van der Waals surface area contributed by atoms with E-state index in [-0.39, 0.29) is 12.2 Å². The molecule has 0 aromatic rings. The lowest BCUT2D eigenvalue weighted by Gasteiger charge is -2.07. The van der Waals surface area contributed by atoms with E-state index in [0.717, 1.165) is 0 Å². The number of hydrogen-bond acceptors (Lipinski definition) is 7. The number of hydrogen-bond donors (Lipinski definition) is 0. The van der Waals surface area contributed by atoms with Gasteiger partial charge in [-0.2, -0.15) is 0 Å². The van der Waals surface area contributed by atoms with Gasteiger partial charge >= 0.3 is 12.3 Å². The predicted octanol–water partition coefficient (Wildman–Crippen LogP) is 1.96. The molecule has 0 radical (unpaired) electrons. The average Bonchev–Trinajstić information content (AvgIpc) is 2.00. The fraction of sp³-hybridized carbons (Fsp3) is 0.750. The standard InChI is InChI=1S/C8H14O7/c1-5(2)11-7(9)13-15-14-8(10)12-6(3)4/h5-6H,1-4H3. The first-order valence-electron chi connectivity index (χ1n) is 4.34. The van der Waals surface area contributed by atoms with Crippen molar-refractivity contribution in [2.24, 2.45) is 0 Å². The van der Waals surface area contributed by atoms with Crippen molar-refractivity contribution in [1.82, 2.24) is 0 Å². The monoisotopic (exact) mass is 222 g/mol. The summed E-state index contributed by atoms with van der Waals surface area (Å²) in [6.45, 7) is 6.48. The molecule has 0 N–H and O–H groups in total. The second-order valence-electron chi connectivity index (χ2n) is 3.07. The Labute approximate surface area is 87.0 Å². The zero-order valence-electron chi connectivity index (χ0n) is 9.01. The lowest BCUT2D eigenvalue weighted by molar-refractivity contribution is -0.459. The summed E-state index contributed by atoms with van der Waals surface area (Å²) in [7, 11) is 0. The minimum absolute atomic E-state index is 0.358. The van der Waals surface area contributed by atoms with E-state index in [0.29, 0.717) is 0 Å². The van der Waals surface area contributed by atoms with E-state index >= 15 is 0 Å². The Morgan fingerprint density at radius 3 is 1.40 bits per heavy atom. The Balaban J connectivity index is 3.53. The van der Waals surface area contributed by atoms with Crippen LogP contribution >= 0.6 is 0 Å². The molecular formula is C8H14O7. The van der Waals surface area contributed by atoms with Crippen molar-refractivity contribution < 1.29 is 33.9 Å². The van der Waals surface area contributed by atoms with Crippen LogP contribution in [-0.2, 0) is 24.3 Å². The van der Waals surface area contributed by atoms with Crippen molar-refractivity contribution in [2.45, 2.75) is 39.9 Å². The highest BCUT2D eigenvalue weighted by molar-refractivity contribution is 5.60. The zero-order chi connectivity index (χ0) is 11.8. The van der Waals surface area contributed by atoms with Crippen LogP contribution in [0.25, 0.3) is 0 Å². The third-order valence-electron chi connectivity index (χ3n) is 0.868. The third kappa shape index (κ3) is 8.82. The largest absolute Gasteiger partial charge is 0.543 e. The number of ether oxygens (including phenoxy) is 2. The van der Waals surface area contributed by atoms with Crippen molar-refractivity contribution in [3.05, 3.63) is 0 Å². The molecule has 0 saturated heterocycles. The molecule has 0 fully saturated rings. The van der Waals surface area contributed by atoms with Gasteiger partial charge in [0.05, 0.1) is 17.2 Å². The molecule has 15 heavy (non-hydrogen) atoms. The highest BCUT2D eigenvalue weighted by Crippen LogP contribution is 1.97. The third-order valence-corrected chi connectivity index (χ3v) is 0.868. The quantitative estimate of drug-likeness (QED) is 0.408. The molecule has 0 aliphatic carbocycles. The van der Waals surface area contributed by atoms with Crippen LogP contribution in [-0.4, -0.2) is 24.5 Å². The number of carbonyl (C=O) groups excluding carboxylic acids is 2. The van der Waals surface area contributed by atoms with Gasteiger partial charge in [0.15, 0.2) is 0 Å². The highest BCUT2D eigenvalue weighted by atomic mass is 17.5. The molecular weight excluding hydrogens is 208 g/mol. The molecule has 0 atom stereocenters. The van der Waals surface area contributed by atoms with Gasteiger partial charge < -0.3 is 9.47 Å². The van der Waals surface area contributed by atoms with Gasteiger partial charge in [-0.25, -0.2) is 19.4 Å². The minimum Gasteiger partial charge on any atom is -0.430 e. The van der Waals surface area contributed by atoms with Crippen molar-refractivity contribution in [2.75, 3.05) is 0 Å². The molecule has 0 amide bonds. The molecule has 0 saturated carbocycles. The maximum atomic E-state index is 10.7. The molecule has 0 spiro atoms. The van der Waals surface area contributed by atoms with Gasteiger partial charge in [0.2, 0.25) is 0 Å². The van der Waals surface area contributed by atoms with Gasteiger partial charge in [0.25, 0.3) is 0 Å². The van der Waals surface area contributed by atoms with Crippen LogP contribution in [0, 0.1) is 0 Å². The average molecular weight is 222 g/mol. The molecule has 7 heteroatoms. The van der Waals surface area contributed by atoms with Crippen LogP contribution in [0.3, 0.4) is 0 Å². The Kier molecular flexibility index (Phi) is 6.19. The van der Waals surface area contributed by atoms with E-state index in [9.17, 15) is 9.59 Å². The van der Waals surface area contributed by atoms with Crippen LogP contribution < -0.4 is 0 Å². The van der Waals surface area contributed by atoms with E-state index < -0.39 is 12.3 Å². The summed E-state index contributed by atoms with van der Waals surface area (Å²) in [6.07, 6.45) is -2.93. The first-order valence-corrected chi connectivity index (χ1v) is 4.34. The second kappa shape index (κ2) is 6.88. The van der Waals surface area contributed by atoms with Gasteiger partial charge in [-0.05, 0) is 27.7 Å². The van der Waals surface area contributed by atoms with E-state index in [4.69, 9.17) is 0 Å². The SMILES string of the molecule is CC(C)OC(=O)OOOC(=O)OC(C)C. The predicted molar refractivity (Wildman–Crippen MR) is 46.5 cm³/mol. The molecule has 0 unspecified atom stereocenters. The minimum atomic E-state index is -1.11. The van der Waals surface area contributed by atoms with Crippen LogP contribution in [0.1, 0.15) is 27.7 Å². The van der Waals surface area contributed by atoms with Crippen LogP contribution in [0.4, 0.5) is 9.59 Å². The Morgan fingerprint density at radius 2 is 1.13 bits per heavy atom. The summed E-state index contributed by atoms with van der Waals surface area (Å²) in [4.78, 5) is 29.2. The number of carbonyl (C=O) groups is 2. The summed E-state index contributed by atoms with van der Waals surface area (Å²) in [5.74, 6) is 0. The van der Waals surface area contributed by atoms with Crippen molar-refractivity contribution in [3.63, 3.8) is 0 Å². The fourth-order valence-corrected chi connectivity index (χ4v) is 0.497. The summed E-state index contributed by atoms with van der Waals surface area (Å²) >= 11 is 0. The number of rotatable bonds is 4. The Hall–Kier alpha value is -1.50. The lowest BCUT2D eigenvalue weighted by Crippen LogP contribution is -2.17. The van der Waals surface area contributed by atoms with Crippen molar-refractivity contribution >= 4 is 12.3 Å². The van der Waals surface area contributed by atoms with Gasteiger partial charge in [-0.3, -0.25) is 0 Å². The second-order valence-corrected chi connectivity index (χ2v) is 3.07. The molecule has 0 heterocycles. The summed E-state index contributed by atoms with van der Waals surface area (Å²) in [6, 6.07) is 0. The van der Waals surface area contributed by atoms with Gasteiger partial charge in [-0.1, -0.05) is 0 Å². The molecule has 0 aliphatic heterocycles. The normalized spacial score (nSPS) is 10.0. The van der Waals surface area contributed by atoms with Crippen LogP contribution in [0.2, 0.25) is 0 Å². The van der Waals surface area contributed by atoms with E-state index in [2.05, 4.69) is 24.3 Å². The van der Waals surface area contributed by atoms with E-state index in [1.807, 2.05) is 0 Å². The maximum absolute atomic E-state index is 10.7. The fourth-order valence-electron chi connectivity index (χ4n) is 0.497. The summed E-state index contributed by atoms with van der Waals surface area (Å²) in [5.41, 5.74) is 0. The van der Waals surface area contributed by atoms with E-state index in [1.165, 1.54) is 0 Å². The lowest BCUT2D eigenvalue weighted by atomic mass is 10.5. The van der Waals surface area contributed by atoms with Gasteiger partial charge in [-0.15, -0.1) is 0 Å². The van der Waals surface area contributed by atoms with Crippen molar-refractivity contribution in [1.29, 1.82) is 0 Å². The first kappa shape index (κ1) is 13.5. The Bertz CT molecular complexity index is 189. The molecule has 88 valence electrons. The Morgan fingerprint density at radius 1 is 0.800 bits per heavy atom.